The van der Waals surface area contributed by atoms with Crippen molar-refractivity contribution in [1.29, 1.82) is 0 Å². The van der Waals surface area contributed by atoms with Crippen LogP contribution in [0.4, 0.5) is 0 Å². The summed E-state index contributed by atoms with van der Waals surface area (Å²) < 4.78 is 0. The van der Waals surface area contributed by atoms with Crippen LogP contribution in [0.3, 0.4) is 0 Å². The molecule has 0 heteroatoms. The standard InChI is InChI=1S/C25H36/c1-20(2)12-8-9-13-21(3)14-10-15-22(4)17-18-24-23(5)16-11-19-25(24,6)7/h10,12,14-15,17-18,21H,8,11,16,19H2,1-7H3/b14-10?,18-17+,22-15+. The average molecular weight is 337 g/mol. The van der Waals surface area contributed by atoms with Crippen LogP contribution in [0.5, 0.6) is 0 Å². The Morgan fingerprint density at radius 1 is 1.24 bits per heavy atom. The van der Waals surface area contributed by atoms with E-state index >= 15 is 0 Å². The Kier molecular flexibility index (Phi) is 8.77. The molecule has 0 radical (unpaired) electrons. The lowest BCUT2D eigenvalue weighted by Gasteiger charge is -2.32. The molecule has 1 rings (SSSR count). The molecular weight excluding hydrogens is 300 g/mol. The summed E-state index contributed by atoms with van der Waals surface area (Å²) in [6, 6.07) is 0. The smallest absolute Gasteiger partial charge is 0.0357 e. The molecule has 0 bridgehead atoms. The first-order valence-corrected chi connectivity index (χ1v) is 9.57. The molecule has 1 unspecified atom stereocenters. The van der Waals surface area contributed by atoms with Crippen molar-refractivity contribution in [1.82, 2.24) is 0 Å². The summed E-state index contributed by atoms with van der Waals surface area (Å²) in [4.78, 5) is 0. The quantitative estimate of drug-likeness (QED) is 0.276. The third-order valence-corrected chi connectivity index (χ3v) is 4.76. The highest BCUT2D eigenvalue weighted by molar-refractivity contribution is 5.36. The van der Waals surface area contributed by atoms with E-state index in [9.17, 15) is 0 Å². The lowest BCUT2D eigenvalue weighted by molar-refractivity contribution is 0.377. The molecule has 0 amide bonds. The van der Waals surface area contributed by atoms with Gasteiger partial charge >= 0.3 is 0 Å². The van der Waals surface area contributed by atoms with E-state index in [1.807, 2.05) is 0 Å². The summed E-state index contributed by atoms with van der Waals surface area (Å²) in [7, 11) is 0. The Labute approximate surface area is 156 Å². The highest BCUT2D eigenvalue weighted by Gasteiger charge is 2.26. The number of hydrogen-bond acceptors (Lipinski definition) is 0. The topological polar surface area (TPSA) is 0 Å². The third kappa shape index (κ3) is 8.26. The van der Waals surface area contributed by atoms with Gasteiger partial charge in [0, 0.05) is 12.3 Å². The summed E-state index contributed by atoms with van der Waals surface area (Å²) in [5.41, 5.74) is 5.99. The molecule has 0 aliphatic heterocycles. The van der Waals surface area contributed by atoms with Gasteiger partial charge in [-0.3, -0.25) is 0 Å². The molecule has 0 nitrogen and oxygen atoms in total. The monoisotopic (exact) mass is 336 g/mol. The van der Waals surface area contributed by atoms with Gasteiger partial charge in [-0.25, -0.2) is 0 Å². The van der Waals surface area contributed by atoms with Crippen LogP contribution in [0.2, 0.25) is 0 Å². The molecule has 0 heterocycles. The molecule has 0 saturated carbocycles. The van der Waals surface area contributed by atoms with Gasteiger partial charge in [0.2, 0.25) is 0 Å². The first-order chi connectivity index (χ1) is 11.7. The molecule has 0 aromatic rings. The molecule has 0 fully saturated rings. The van der Waals surface area contributed by atoms with Gasteiger partial charge in [0.25, 0.3) is 0 Å². The second-order valence-corrected chi connectivity index (χ2v) is 8.16. The fraction of sp³-hybridized carbons (Fsp3) is 0.520. The highest BCUT2D eigenvalue weighted by Crippen LogP contribution is 2.40. The van der Waals surface area contributed by atoms with Crippen LogP contribution >= 0.6 is 0 Å². The van der Waals surface area contributed by atoms with Crippen molar-refractivity contribution in [3.63, 3.8) is 0 Å². The van der Waals surface area contributed by atoms with Crippen LogP contribution in [0, 0.1) is 23.2 Å². The van der Waals surface area contributed by atoms with Crippen molar-refractivity contribution >= 4 is 0 Å². The van der Waals surface area contributed by atoms with Crippen LogP contribution in [0.25, 0.3) is 0 Å². The molecular formula is C25H36. The molecule has 0 spiro atoms. The maximum Gasteiger partial charge on any atom is 0.0357 e. The van der Waals surface area contributed by atoms with Gasteiger partial charge < -0.3 is 0 Å². The number of allylic oxidation sites excluding steroid dienone is 10. The molecule has 1 atom stereocenters. The van der Waals surface area contributed by atoms with Crippen molar-refractivity contribution in [3.05, 3.63) is 58.7 Å². The maximum absolute atomic E-state index is 3.28. The van der Waals surface area contributed by atoms with E-state index in [-0.39, 0.29) is 0 Å². The Morgan fingerprint density at radius 2 is 1.96 bits per heavy atom. The van der Waals surface area contributed by atoms with Gasteiger partial charge in [-0.05, 0) is 64.9 Å². The predicted octanol–water partition coefficient (Wildman–Crippen LogP) is 7.57. The molecule has 136 valence electrons. The van der Waals surface area contributed by atoms with Gasteiger partial charge in [0.05, 0.1) is 0 Å². The number of hydrogen-bond donors (Lipinski definition) is 0. The Balaban J connectivity index is 2.65. The van der Waals surface area contributed by atoms with Gasteiger partial charge in [0.1, 0.15) is 0 Å². The minimum atomic E-state index is 0.292. The zero-order chi connectivity index (χ0) is 18.9. The third-order valence-electron chi connectivity index (χ3n) is 4.76. The van der Waals surface area contributed by atoms with E-state index in [2.05, 4.69) is 96.8 Å². The molecule has 1 aliphatic carbocycles. The van der Waals surface area contributed by atoms with E-state index in [0.717, 1.165) is 6.42 Å². The van der Waals surface area contributed by atoms with Crippen LogP contribution in [0.1, 0.15) is 74.1 Å². The Morgan fingerprint density at radius 3 is 2.60 bits per heavy atom. The van der Waals surface area contributed by atoms with Crippen LogP contribution in [0.15, 0.2) is 58.7 Å². The summed E-state index contributed by atoms with van der Waals surface area (Å²) in [6.07, 6.45) is 17.9. The molecule has 25 heavy (non-hydrogen) atoms. The van der Waals surface area contributed by atoms with Crippen molar-refractivity contribution in [2.75, 3.05) is 0 Å². The van der Waals surface area contributed by atoms with Crippen LogP contribution < -0.4 is 0 Å². The van der Waals surface area contributed by atoms with E-state index in [1.54, 1.807) is 5.57 Å². The van der Waals surface area contributed by atoms with E-state index in [1.165, 1.54) is 36.0 Å². The highest BCUT2D eigenvalue weighted by atomic mass is 14.3. The molecule has 0 aromatic heterocycles. The Bertz CT molecular complexity index is 644. The second kappa shape index (κ2) is 10.3. The normalized spacial score (nSPS) is 19.1. The molecule has 1 aliphatic rings. The van der Waals surface area contributed by atoms with Crippen molar-refractivity contribution in [2.24, 2.45) is 11.3 Å². The minimum absolute atomic E-state index is 0.292. The molecule has 0 saturated heterocycles. The van der Waals surface area contributed by atoms with E-state index < -0.39 is 0 Å². The summed E-state index contributed by atoms with van der Waals surface area (Å²) in [5.74, 6) is 6.79. The van der Waals surface area contributed by atoms with Crippen molar-refractivity contribution in [3.8, 4) is 11.8 Å². The molecule has 0 aromatic carbocycles. The largest absolute Gasteiger partial charge is 0.0985 e. The lowest BCUT2D eigenvalue weighted by atomic mass is 9.72. The SMILES string of the molecule is CC(C)=CCC#CC(C)C=C/C=C(C)/C=C/C1=C(C)CCCC1(C)C. The summed E-state index contributed by atoms with van der Waals surface area (Å²) in [5, 5.41) is 0. The van der Waals surface area contributed by atoms with Crippen molar-refractivity contribution in [2.45, 2.75) is 74.1 Å². The fourth-order valence-electron chi connectivity index (χ4n) is 3.18. The average Bonchev–Trinajstić information content (AvgIpc) is 2.50. The lowest BCUT2D eigenvalue weighted by Crippen LogP contribution is -2.19. The van der Waals surface area contributed by atoms with Gasteiger partial charge in [-0.15, -0.1) is 0 Å². The summed E-state index contributed by atoms with van der Waals surface area (Å²) >= 11 is 0. The van der Waals surface area contributed by atoms with Crippen LogP contribution in [-0.4, -0.2) is 0 Å². The maximum atomic E-state index is 3.28. The van der Waals surface area contributed by atoms with Gasteiger partial charge in [-0.2, -0.15) is 0 Å². The van der Waals surface area contributed by atoms with Gasteiger partial charge in [0.15, 0.2) is 0 Å². The summed E-state index contributed by atoms with van der Waals surface area (Å²) in [6.45, 7) is 15.5. The first kappa shape index (κ1) is 21.3. The fourth-order valence-corrected chi connectivity index (χ4v) is 3.18. The molecule has 0 N–H and O–H groups in total. The Hall–Kier alpha value is -1.74. The second-order valence-electron chi connectivity index (χ2n) is 8.16. The van der Waals surface area contributed by atoms with E-state index in [4.69, 9.17) is 0 Å². The van der Waals surface area contributed by atoms with Crippen LogP contribution in [-0.2, 0) is 0 Å². The van der Waals surface area contributed by atoms with Gasteiger partial charge in [-0.1, -0.05) is 78.9 Å². The zero-order valence-corrected chi connectivity index (χ0v) is 17.4. The van der Waals surface area contributed by atoms with E-state index in [0.29, 0.717) is 11.3 Å². The predicted molar refractivity (Wildman–Crippen MR) is 113 cm³/mol. The number of rotatable bonds is 5. The zero-order valence-electron chi connectivity index (χ0n) is 17.4. The first-order valence-electron chi connectivity index (χ1n) is 9.57. The minimum Gasteiger partial charge on any atom is -0.0985 e. The van der Waals surface area contributed by atoms with Crippen molar-refractivity contribution < 1.29 is 0 Å².